The molecule has 3 aromatic rings. The third-order valence-electron chi connectivity index (χ3n) is 4.23. The number of rotatable bonds is 7. The molecule has 0 aliphatic carbocycles. The number of hydrogen-bond acceptors (Lipinski definition) is 5. The van der Waals surface area contributed by atoms with Gasteiger partial charge < -0.3 is 9.30 Å². The van der Waals surface area contributed by atoms with Crippen molar-refractivity contribution in [3.05, 3.63) is 47.3 Å². The Morgan fingerprint density at radius 3 is 2.84 bits per heavy atom. The van der Waals surface area contributed by atoms with Crippen molar-refractivity contribution in [2.75, 3.05) is 19.5 Å². The maximum absolute atomic E-state index is 12.7. The highest BCUT2D eigenvalue weighted by Crippen LogP contribution is 2.30. The average molecular weight is 375 g/mol. The summed E-state index contributed by atoms with van der Waals surface area (Å²) in [6, 6.07) is 10.3. The molecule has 0 aliphatic heterocycles. The first-order valence-electron chi connectivity index (χ1n) is 8.20. The van der Waals surface area contributed by atoms with Gasteiger partial charge >= 0.3 is 0 Å². The number of thioether (sulfide) groups is 1. The first-order valence-corrected chi connectivity index (χ1v) is 10.0. The molecule has 4 nitrogen and oxygen atoms in total. The van der Waals surface area contributed by atoms with Gasteiger partial charge in [-0.3, -0.25) is 4.79 Å². The zero-order valence-electron chi connectivity index (χ0n) is 14.9. The molecule has 1 aromatic carbocycles. The Balaban J connectivity index is 1.74. The number of benzene rings is 1. The largest absolute Gasteiger partial charge is 0.383 e. The Hall–Kier alpha value is -1.63. The second-order valence-corrected chi connectivity index (χ2v) is 8.37. The number of carbonyl (C=O) groups excluding carboxylic acids is 1. The van der Waals surface area contributed by atoms with Gasteiger partial charge in [0, 0.05) is 24.1 Å². The van der Waals surface area contributed by atoms with Crippen LogP contribution in [0.25, 0.3) is 10.2 Å². The topological polar surface area (TPSA) is 44.1 Å². The molecule has 0 aliphatic rings. The fourth-order valence-electron chi connectivity index (χ4n) is 3.17. The van der Waals surface area contributed by atoms with E-state index in [2.05, 4.69) is 22.5 Å². The zero-order valence-corrected chi connectivity index (χ0v) is 16.5. The number of ketones is 1. The van der Waals surface area contributed by atoms with Crippen LogP contribution in [0.2, 0.25) is 0 Å². The van der Waals surface area contributed by atoms with E-state index < -0.39 is 0 Å². The quantitative estimate of drug-likeness (QED) is 0.436. The van der Waals surface area contributed by atoms with Gasteiger partial charge in [0.05, 0.1) is 28.6 Å². The van der Waals surface area contributed by atoms with Crippen molar-refractivity contribution in [2.24, 2.45) is 0 Å². The van der Waals surface area contributed by atoms with Crippen LogP contribution in [-0.4, -0.2) is 34.8 Å². The summed E-state index contributed by atoms with van der Waals surface area (Å²) < 4.78 is 9.53. The summed E-state index contributed by atoms with van der Waals surface area (Å²) in [5, 5.41) is 0. The van der Waals surface area contributed by atoms with Crippen molar-refractivity contribution < 1.29 is 9.53 Å². The monoisotopic (exact) mass is 374 g/mol. The molecule has 0 saturated carbocycles. The van der Waals surface area contributed by atoms with Crippen LogP contribution in [0, 0.1) is 13.8 Å². The fourth-order valence-corrected chi connectivity index (χ4v) is 5.12. The van der Waals surface area contributed by atoms with Crippen molar-refractivity contribution in [2.45, 2.75) is 31.2 Å². The summed E-state index contributed by atoms with van der Waals surface area (Å²) >= 11 is 3.15. The molecule has 0 radical (unpaired) electrons. The highest BCUT2D eigenvalue weighted by molar-refractivity contribution is 8.01. The smallest absolute Gasteiger partial charge is 0.174 e. The van der Waals surface area contributed by atoms with Gasteiger partial charge in [-0.15, -0.1) is 11.3 Å². The van der Waals surface area contributed by atoms with Gasteiger partial charge in [0.1, 0.15) is 0 Å². The number of para-hydroxylation sites is 1. The standard InChI is InChI=1S/C19H22N2O2S2/c1-12-9-15(14(3)21(12)13(2)10-23-4)17(22)11-24-19-20-16-7-5-6-8-18(16)25-19/h5-9,13H,10-11H2,1-4H3. The lowest BCUT2D eigenvalue weighted by molar-refractivity contribution is 0.102. The highest BCUT2D eigenvalue weighted by atomic mass is 32.2. The molecular formula is C19H22N2O2S2. The van der Waals surface area contributed by atoms with Gasteiger partial charge in [0.15, 0.2) is 10.1 Å². The van der Waals surface area contributed by atoms with Gasteiger partial charge in [-0.05, 0) is 39.0 Å². The van der Waals surface area contributed by atoms with Crippen molar-refractivity contribution in [1.29, 1.82) is 0 Å². The van der Waals surface area contributed by atoms with Crippen LogP contribution in [-0.2, 0) is 4.74 Å². The number of aromatic nitrogens is 2. The van der Waals surface area contributed by atoms with Crippen molar-refractivity contribution >= 4 is 39.1 Å². The van der Waals surface area contributed by atoms with E-state index in [1.54, 1.807) is 18.4 Å². The maximum atomic E-state index is 12.7. The Kier molecular flexibility index (Phi) is 5.61. The molecule has 0 spiro atoms. The average Bonchev–Trinajstić information content (AvgIpc) is 3.13. The van der Waals surface area contributed by atoms with Crippen molar-refractivity contribution in [1.82, 2.24) is 9.55 Å². The van der Waals surface area contributed by atoms with Crippen LogP contribution in [0.4, 0.5) is 0 Å². The minimum atomic E-state index is 0.147. The van der Waals surface area contributed by atoms with Gasteiger partial charge in [0.25, 0.3) is 0 Å². The minimum Gasteiger partial charge on any atom is -0.383 e. The summed E-state index contributed by atoms with van der Waals surface area (Å²) in [4.78, 5) is 17.3. The van der Waals surface area contributed by atoms with E-state index in [-0.39, 0.29) is 11.8 Å². The van der Waals surface area contributed by atoms with Gasteiger partial charge in [-0.1, -0.05) is 23.9 Å². The predicted molar refractivity (Wildman–Crippen MR) is 105 cm³/mol. The number of ether oxygens (including phenoxy) is 1. The summed E-state index contributed by atoms with van der Waals surface area (Å²) in [6.45, 7) is 6.78. The molecule has 2 heterocycles. The number of aryl methyl sites for hydroxylation is 1. The SMILES string of the molecule is COCC(C)n1c(C)cc(C(=O)CSc2nc3ccccc3s2)c1C. The summed E-state index contributed by atoms with van der Waals surface area (Å²) in [5.74, 6) is 0.552. The molecule has 3 rings (SSSR count). The second-order valence-electron chi connectivity index (χ2n) is 6.12. The number of hydrogen-bond donors (Lipinski definition) is 0. The van der Waals surface area contributed by atoms with E-state index in [0.29, 0.717) is 12.4 Å². The lowest BCUT2D eigenvalue weighted by Gasteiger charge is -2.17. The van der Waals surface area contributed by atoms with Crippen LogP contribution in [0.5, 0.6) is 0 Å². The Morgan fingerprint density at radius 2 is 2.12 bits per heavy atom. The number of nitrogens with zero attached hydrogens (tertiary/aromatic N) is 2. The molecule has 25 heavy (non-hydrogen) atoms. The zero-order chi connectivity index (χ0) is 18.0. The molecule has 1 atom stereocenters. The number of methoxy groups -OCH3 is 1. The van der Waals surface area contributed by atoms with E-state index >= 15 is 0 Å². The summed E-state index contributed by atoms with van der Waals surface area (Å²) in [7, 11) is 1.70. The molecule has 0 saturated heterocycles. The summed E-state index contributed by atoms with van der Waals surface area (Å²) in [5.41, 5.74) is 3.90. The van der Waals surface area contributed by atoms with E-state index in [0.717, 1.165) is 31.5 Å². The fraction of sp³-hybridized carbons (Fsp3) is 0.368. The lowest BCUT2D eigenvalue weighted by Crippen LogP contribution is -2.14. The van der Waals surface area contributed by atoms with Crippen LogP contribution in [0.15, 0.2) is 34.7 Å². The van der Waals surface area contributed by atoms with Crippen molar-refractivity contribution in [3.63, 3.8) is 0 Å². The molecule has 0 fully saturated rings. The normalized spacial score (nSPS) is 12.6. The molecular weight excluding hydrogens is 352 g/mol. The first-order chi connectivity index (χ1) is 12.0. The third-order valence-corrected chi connectivity index (χ3v) is 6.41. The Morgan fingerprint density at radius 1 is 1.36 bits per heavy atom. The minimum absolute atomic E-state index is 0.147. The van der Waals surface area contributed by atoms with E-state index in [1.165, 1.54) is 11.8 Å². The number of Topliss-reactive ketones (excluding diaryl/α,β-unsaturated/α-hetero) is 1. The van der Waals surface area contributed by atoms with Gasteiger partial charge in [-0.25, -0.2) is 4.98 Å². The van der Waals surface area contributed by atoms with E-state index in [1.807, 2.05) is 38.1 Å². The maximum Gasteiger partial charge on any atom is 0.174 e. The predicted octanol–water partition coefficient (Wildman–Crippen LogP) is 4.90. The van der Waals surface area contributed by atoms with Gasteiger partial charge in [-0.2, -0.15) is 0 Å². The van der Waals surface area contributed by atoms with E-state index in [9.17, 15) is 4.79 Å². The molecule has 2 aromatic heterocycles. The van der Waals surface area contributed by atoms with E-state index in [4.69, 9.17) is 4.74 Å². The number of fused-ring (bicyclic) bond motifs is 1. The number of carbonyl (C=O) groups is 1. The Bertz CT molecular complexity index is 865. The molecule has 0 N–H and O–H groups in total. The third kappa shape index (κ3) is 3.81. The molecule has 0 bridgehead atoms. The molecule has 1 unspecified atom stereocenters. The van der Waals surface area contributed by atoms with Crippen LogP contribution in [0.1, 0.15) is 34.7 Å². The summed E-state index contributed by atoms with van der Waals surface area (Å²) in [6.07, 6.45) is 0. The van der Waals surface area contributed by atoms with Crippen LogP contribution in [0.3, 0.4) is 0 Å². The number of thiazole rings is 1. The van der Waals surface area contributed by atoms with Crippen LogP contribution >= 0.6 is 23.1 Å². The first kappa shape index (κ1) is 18.2. The molecule has 0 amide bonds. The second kappa shape index (κ2) is 7.72. The highest BCUT2D eigenvalue weighted by Gasteiger charge is 2.19. The Labute approximate surface area is 156 Å². The lowest BCUT2D eigenvalue weighted by atomic mass is 10.2. The molecule has 132 valence electrons. The van der Waals surface area contributed by atoms with Crippen LogP contribution < -0.4 is 0 Å². The molecule has 6 heteroatoms. The van der Waals surface area contributed by atoms with Gasteiger partial charge in [0.2, 0.25) is 0 Å². The van der Waals surface area contributed by atoms with Crippen molar-refractivity contribution in [3.8, 4) is 0 Å².